The van der Waals surface area contributed by atoms with Crippen molar-refractivity contribution in [2.24, 2.45) is 0 Å². The number of carbonyl (C=O) groups excluding carboxylic acids is 1. The number of hydrogen-bond donors (Lipinski definition) is 2. The molecule has 2 N–H and O–H groups in total. The number of likely N-dealkylation sites (N-methyl/N-ethyl adjacent to an activating group) is 1. The van der Waals surface area contributed by atoms with Crippen LogP contribution in [0.25, 0.3) is 0 Å². The van der Waals surface area contributed by atoms with Crippen molar-refractivity contribution in [3.63, 3.8) is 0 Å². The lowest BCUT2D eigenvalue weighted by Crippen LogP contribution is -3.09. The maximum atomic E-state index is 13.0. The molecule has 0 aliphatic rings. The van der Waals surface area contributed by atoms with Crippen LogP contribution in [0.1, 0.15) is 22.9 Å². The highest BCUT2D eigenvalue weighted by Crippen LogP contribution is 2.15. The molecule has 1 aromatic heterocycles. The van der Waals surface area contributed by atoms with Crippen LogP contribution in [0.3, 0.4) is 0 Å². The summed E-state index contributed by atoms with van der Waals surface area (Å²) >= 11 is 0. The minimum absolute atomic E-state index is 0.0286. The van der Waals surface area contributed by atoms with E-state index in [2.05, 4.69) is 5.32 Å². The third-order valence-electron chi connectivity index (χ3n) is 4.24. The molecular weight excluding hydrogens is 312 g/mol. The fourth-order valence-electron chi connectivity index (χ4n) is 2.95. The van der Waals surface area contributed by atoms with E-state index in [4.69, 9.17) is 4.42 Å². The van der Waals surface area contributed by atoms with E-state index in [1.165, 1.54) is 0 Å². The van der Waals surface area contributed by atoms with Crippen LogP contribution >= 0.6 is 0 Å². The predicted octanol–water partition coefficient (Wildman–Crippen LogP) is 2.98. The smallest absolute Gasteiger partial charge is 0.287 e. The second-order valence-corrected chi connectivity index (χ2v) is 6.30. The summed E-state index contributed by atoms with van der Waals surface area (Å²) in [6.45, 7) is 2.66. The lowest BCUT2D eigenvalue weighted by atomic mass is 10.0. The van der Waals surface area contributed by atoms with Crippen molar-refractivity contribution >= 4 is 11.6 Å². The first-order valence-corrected chi connectivity index (χ1v) is 8.40. The summed E-state index contributed by atoms with van der Waals surface area (Å²) < 4.78 is 5.45. The van der Waals surface area contributed by atoms with Crippen LogP contribution < -0.4 is 10.2 Å². The normalized spacial score (nSPS) is 13.2. The molecule has 0 saturated carbocycles. The zero-order valence-corrected chi connectivity index (χ0v) is 14.5. The van der Waals surface area contributed by atoms with Crippen LogP contribution in [-0.2, 0) is 11.3 Å². The van der Waals surface area contributed by atoms with Gasteiger partial charge < -0.3 is 14.6 Å². The van der Waals surface area contributed by atoms with Crippen molar-refractivity contribution in [1.29, 1.82) is 0 Å². The van der Waals surface area contributed by atoms with Gasteiger partial charge in [0.05, 0.1) is 13.3 Å². The highest BCUT2D eigenvalue weighted by atomic mass is 16.3. The van der Waals surface area contributed by atoms with Crippen molar-refractivity contribution in [3.8, 4) is 0 Å². The maximum absolute atomic E-state index is 13.0. The molecule has 0 spiro atoms. The first-order chi connectivity index (χ1) is 12.1. The molecule has 1 amide bonds. The van der Waals surface area contributed by atoms with Gasteiger partial charge in [0.1, 0.15) is 6.54 Å². The van der Waals surface area contributed by atoms with Gasteiger partial charge in [-0.25, -0.2) is 0 Å². The molecule has 2 aromatic carbocycles. The number of carbonyl (C=O) groups is 1. The van der Waals surface area contributed by atoms with Gasteiger partial charge in [-0.15, -0.1) is 0 Å². The number of anilines is 1. The Kier molecular flexibility index (Phi) is 5.31. The molecule has 128 valence electrons. The third-order valence-corrected chi connectivity index (χ3v) is 4.24. The number of furan rings is 1. The van der Waals surface area contributed by atoms with E-state index < -0.39 is 0 Å². The first-order valence-electron chi connectivity index (χ1n) is 8.40. The zero-order chi connectivity index (χ0) is 17.6. The summed E-state index contributed by atoms with van der Waals surface area (Å²) in [5, 5.41) is 3.04. The van der Waals surface area contributed by atoms with Crippen molar-refractivity contribution in [1.82, 2.24) is 0 Å². The van der Waals surface area contributed by atoms with Gasteiger partial charge in [0.25, 0.3) is 5.91 Å². The molecule has 0 bridgehead atoms. The van der Waals surface area contributed by atoms with Crippen LogP contribution in [0.5, 0.6) is 0 Å². The van der Waals surface area contributed by atoms with Gasteiger partial charge in [-0.3, -0.25) is 4.79 Å². The van der Waals surface area contributed by atoms with Crippen LogP contribution in [0.4, 0.5) is 5.69 Å². The number of amides is 1. The quantitative estimate of drug-likeness (QED) is 0.727. The third kappa shape index (κ3) is 4.37. The average Bonchev–Trinajstić information content (AvgIpc) is 3.11. The molecular formula is C21H23N2O2+. The lowest BCUT2D eigenvalue weighted by molar-refractivity contribution is -0.916. The van der Waals surface area contributed by atoms with Crippen molar-refractivity contribution < 1.29 is 14.1 Å². The van der Waals surface area contributed by atoms with Crippen molar-refractivity contribution in [3.05, 3.63) is 89.9 Å². The Labute approximate surface area is 148 Å². The van der Waals surface area contributed by atoms with Crippen LogP contribution in [0.15, 0.2) is 77.4 Å². The van der Waals surface area contributed by atoms with E-state index in [1.54, 1.807) is 6.26 Å². The molecule has 1 unspecified atom stereocenters. The van der Waals surface area contributed by atoms with E-state index in [0.717, 1.165) is 27.5 Å². The molecule has 0 aliphatic heterocycles. The molecule has 0 aliphatic carbocycles. The summed E-state index contributed by atoms with van der Waals surface area (Å²) in [6, 6.07) is 21.2. The zero-order valence-electron chi connectivity index (χ0n) is 14.5. The summed E-state index contributed by atoms with van der Waals surface area (Å²) in [6.07, 6.45) is 1.66. The molecule has 2 atom stereocenters. The number of aryl methyl sites for hydroxylation is 1. The molecule has 1 heterocycles. The fraction of sp³-hybridized carbons (Fsp3) is 0.190. The first kappa shape index (κ1) is 17.0. The van der Waals surface area contributed by atoms with Gasteiger partial charge in [0, 0.05) is 11.3 Å². The number of hydrogen-bond acceptors (Lipinski definition) is 2. The Bertz CT molecular complexity index is 796. The number of rotatable bonds is 6. The van der Waals surface area contributed by atoms with Crippen molar-refractivity contribution in [2.45, 2.75) is 19.5 Å². The number of nitrogens with one attached hydrogen (secondary N) is 2. The average molecular weight is 335 g/mol. The predicted molar refractivity (Wildman–Crippen MR) is 98.3 cm³/mol. The Hall–Kier alpha value is -2.85. The molecule has 25 heavy (non-hydrogen) atoms. The van der Waals surface area contributed by atoms with Gasteiger partial charge in [-0.05, 0) is 31.2 Å². The minimum Gasteiger partial charge on any atom is -0.463 e. The van der Waals surface area contributed by atoms with Crippen LogP contribution in [0.2, 0.25) is 0 Å². The summed E-state index contributed by atoms with van der Waals surface area (Å²) in [4.78, 5) is 14.1. The Morgan fingerprint density at radius 3 is 2.40 bits per heavy atom. The molecule has 3 aromatic rings. The Morgan fingerprint density at radius 1 is 1.04 bits per heavy atom. The summed E-state index contributed by atoms with van der Waals surface area (Å²) in [7, 11) is 2.01. The number of quaternary nitrogens is 1. The summed E-state index contributed by atoms with van der Waals surface area (Å²) in [5.74, 6) is 0.834. The second kappa shape index (κ2) is 7.81. The van der Waals surface area contributed by atoms with Gasteiger partial charge in [0.2, 0.25) is 0 Å². The largest absolute Gasteiger partial charge is 0.463 e. The van der Waals surface area contributed by atoms with Gasteiger partial charge in [-0.1, -0.05) is 48.0 Å². The lowest BCUT2D eigenvalue weighted by Gasteiger charge is -2.24. The van der Waals surface area contributed by atoms with E-state index in [9.17, 15) is 4.79 Å². The van der Waals surface area contributed by atoms with E-state index in [0.29, 0.717) is 6.54 Å². The highest BCUT2D eigenvalue weighted by molar-refractivity contribution is 5.94. The standard InChI is InChI=1S/C21H22N2O2/c1-16-10-12-18(13-11-16)22-21(24)20(17-7-4-3-5-8-17)23(2)15-19-9-6-14-25-19/h3-14,20H,15H2,1-2H3,(H,22,24)/p+1/t20-/m0/s1. The van der Waals surface area contributed by atoms with Crippen molar-refractivity contribution in [2.75, 3.05) is 12.4 Å². The Balaban J connectivity index is 1.82. The highest BCUT2D eigenvalue weighted by Gasteiger charge is 2.29. The van der Waals surface area contributed by atoms with Gasteiger partial charge in [-0.2, -0.15) is 0 Å². The molecule has 3 rings (SSSR count). The summed E-state index contributed by atoms with van der Waals surface area (Å²) in [5.41, 5.74) is 2.96. The van der Waals surface area contributed by atoms with E-state index in [1.807, 2.05) is 80.7 Å². The minimum atomic E-state index is -0.326. The molecule has 4 nitrogen and oxygen atoms in total. The Morgan fingerprint density at radius 2 is 1.76 bits per heavy atom. The van der Waals surface area contributed by atoms with Gasteiger partial charge in [0.15, 0.2) is 11.8 Å². The number of benzene rings is 2. The van der Waals surface area contributed by atoms with Gasteiger partial charge >= 0.3 is 0 Å². The van der Waals surface area contributed by atoms with Crippen LogP contribution in [-0.4, -0.2) is 13.0 Å². The van der Waals surface area contributed by atoms with E-state index in [-0.39, 0.29) is 11.9 Å². The monoisotopic (exact) mass is 335 g/mol. The van der Waals surface area contributed by atoms with Crippen LogP contribution in [0, 0.1) is 6.92 Å². The second-order valence-electron chi connectivity index (χ2n) is 6.30. The topological polar surface area (TPSA) is 46.7 Å². The van der Waals surface area contributed by atoms with E-state index >= 15 is 0 Å². The fourth-order valence-corrected chi connectivity index (χ4v) is 2.95. The maximum Gasteiger partial charge on any atom is 0.287 e. The molecule has 4 heteroatoms. The molecule has 0 saturated heterocycles. The molecule has 0 fully saturated rings. The SMILES string of the molecule is Cc1ccc(NC(=O)[C@H](c2ccccc2)[NH+](C)Cc2ccco2)cc1. The molecule has 0 radical (unpaired) electrons.